The Morgan fingerprint density at radius 2 is 2.08 bits per heavy atom. The minimum atomic E-state index is -0.996. The first-order chi connectivity index (χ1) is 6.06. The topological polar surface area (TPSA) is 40.9 Å². The summed E-state index contributed by atoms with van der Waals surface area (Å²) in [5, 5.41) is 8.48. The van der Waals surface area contributed by atoms with Crippen LogP contribution in [0.1, 0.15) is 22.8 Å². The maximum atomic E-state index is 12.9. The fraction of sp³-hybridized carbons (Fsp3) is 0.111. The Bertz CT molecular complexity index is 407. The van der Waals surface area contributed by atoms with Gasteiger partial charge in [0.1, 0.15) is 17.7 Å². The van der Waals surface area contributed by atoms with Crippen LogP contribution in [-0.2, 0) is 0 Å². The van der Waals surface area contributed by atoms with Gasteiger partial charge in [0.05, 0.1) is 11.1 Å². The molecule has 1 aromatic carbocycles. The van der Waals surface area contributed by atoms with Crippen molar-refractivity contribution in [3.05, 3.63) is 34.9 Å². The van der Waals surface area contributed by atoms with Gasteiger partial charge in [0.25, 0.3) is 0 Å². The molecule has 0 unspecified atom stereocenters. The second-order valence-electron chi connectivity index (χ2n) is 2.48. The molecule has 0 aliphatic heterocycles. The molecule has 0 fully saturated rings. The number of carbonyl (C=O) groups is 1. The number of hydrogen-bond donors (Lipinski definition) is 0. The third-order valence-corrected chi connectivity index (χ3v) is 1.53. The highest BCUT2D eigenvalue weighted by atomic mass is 19.1. The van der Waals surface area contributed by atoms with Gasteiger partial charge in [0.2, 0.25) is 0 Å². The summed E-state index contributed by atoms with van der Waals surface area (Å²) in [6.07, 6.45) is 0. The van der Waals surface area contributed by atoms with E-state index in [0.717, 1.165) is 13.0 Å². The number of nitrogens with zero attached hydrogens (tertiary/aromatic N) is 1. The van der Waals surface area contributed by atoms with Crippen molar-refractivity contribution in [1.29, 1.82) is 5.26 Å². The van der Waals surface area contributed by atoms with Crippen LogP contribution in [0, 0.1) is 23.0 Å². The Morgan fingerprint density at radius 3 is 2.54 bits per heavy atom. The van der Waals surface area contributed by atoms with Gasteiger partial charge < -0.3 is 0 Å². The molecule has 0 N–H and O–H groups in total. The van der Waals surface area contributed by atoms with Crippen LogP contribution in [0.3, 0.4) is 0 Å². The number of benzene rings is 1. The van der Waals surface area contributed by atoms with Crippen LogP contribution in [0.2, 0.25) is 0 Å². The summed E-state index contributed by atoms with van der Waals surface area (Å²) in [4.78, 5) is 10.8. The number of nitriles is 1. The van der Waals surface area contributed by atoms with Crippen LogP contribution in [0.5, 0.6) is 0 Å². The van der Waals surface area contributed by atoms with E-state index >= 15 is 0 Å². The molecule has 13 heavy (non-hydrogen) atoms. The van der Waals surface area contributed by atoms with Crippen LogP contribution in [0.4, 0.5) is 8.78 Å². The van der Waals surface area contributed by atoms with Crippen molar-refractivity contribution in [2.45, 2.75) is 6.92 Å². The Morgan fingerprint density at radius 1 is 1.46 bits per heavy atom. The fourth-order valence-electron chi connectivity index (χ4n) is 1.02. The van der Waals surface area contributed by atoms with Crippen molar-refractivity contribution in [3.63, 3.8) is 0 Å². The average molecular weight is 181 g/mol. The molecule has 0 heterocycles. The highest BCUT2D eigenvalue weighted by molar-refractivity contribution is 5.96. The average Bonchev–Trinajstić information content (AvgIpc) is 2.01. The third-order valence-electron chi connectivity index (χ3n) is 1.53. The number of Topliss-reactive ketones (excluding diaryl/α,β-unsaturated/α-hetero) is 1. The van der Waals surface area contributed by atoms with E-state index in [9.17, 15) is 13.6 Å². The quantitative estimate of drug-likeness (QED) is 0.622. The summed E-state index contributed by atoms with van der Waals surface area (Å²) in [6.45, 7) is 1.12. The summed E-state index contributed by atoms with van der Waals surface area (Å²) in [6, 6.07) is 2.97. The maximum absolute atomic E-state index is 12.9. The minimum Gasteiger partial charge on any atom is -0.294 e. The molecule has 1 rings (SSSR count). The van der Waals surface area contributed by atoms with Crippen LogP contribution >= 0.6 is 0 Å². The lowest BCUT2D eigenvalue weighted by atomic mass is 10.0. The summed E-state index contributed by atoms with van der Waals surface area (Å²) >= 11 is 0. The highest BCUT2D eigenvalue weighted by Gasteiger charge is 2.14. The third kappa shape index (κ3) is 1.70. The summed E-state index contributed by atoms with van der Waals surface area (Å²) in [5.74, 6) is -2.45. The molecule has 0 atom stereocenters. The van der Waals surface area contributed by atoms with Crippen molar-refractivity contribution < 1.29 is 13.6 Å². The van der Waals surface area contributed by atoms with Gasteiger partial charge in [0.15, 0.2) is 5.78 Å². The molecule has 0 aliphatic carbocycles. The first-order valence-corrected chi connectivity index (χ1v) is 3.46. The molecule has 0 aliphatic rings. The van der Waals surface area contributed by atoms with Gasteiger partial charge in [-0.1, -0.05) is 0 Å². The van der Waals surface area contributed by atoms with E-state index in [4.69, 9.17) is 5.26 Å². The Labute approximate surface area is 73.4 Å². The molecular formula is C9H5F2NO. The van der Waals surface area contributed by atoms with Crippen LogP contribution in [-0.4, -0.2) is 5.78 Å². The van der Waals surface area contributed by atoms with Gasteiger partial charge in [-0.25, -0.2) is 8.78 Å². The Hall–Kier alpha value is -1.76. The van der Waals surface area contributed by atoms with Crippen molar-refractivity contribution in [2.75, 3.05) is 0 Å². The van der Waals surface area contributed by atoms with Crippen LogP contribution in [0.25, 0.3) is 0 Å². The van der Waals surface area contributed by atoms with Gasteiger partial charge in [-0.3, -0.25) is 4.79 Å². The minimum absolute atomic E-state index is 0.273. The zero-order chi connectivity index (χ0) is 10.0. The number of halogens is 2. The molecular weight excluding hydrogens is 176 g/mol. The molecule has 4 heteroatoms. The summed E-state index contributed by atoms with van der Waals surface area (Å²) in [7, 11) is 0. The predicted octanol–water partition coefficient (Wildman–Crippen LogP) is 2.04. The molecule has 0 aromatic heterocycles. The van der Waals surface area contributed by atoms with E-state index in [-0.39, 0.29) is 11.1 Å². The summed E-state index contributed by atoms with van der Waals surface area (Å²) < 4.78 is 25.5. The van der Waals surface area contributed by atoms with Crippen molar-refractivity contribution in [1.82, 2.24) is 0 Å². The molecule has 0 spiro atoms. The van der Waals surface area contributed by atoms with Crippen molar-refractivity contribution in [2.24, 2.45) is 0 Å². The van der Waals surface area contributed by atoms with Crippen LogP contribution < -0.4 is 0 Å². The van der Waals surface area contributed by atoms with Gasteiger partial charge >= 0.3 is 0 Å². The van der Waals surface area contributed by atoms with Gasteiger partial charge in [-0.15, -0.1) is 0 Å². The Kier molecular flexibility index (Phi) is 2.38. The number of hydrogen-bond acceptors (Lipinski definition) is 2. The number of rotatable bonds is 1. The lowest BCUT2D eigenvalue weighted by molar-refractivity contribution is 0.101. The monoisotopic (exact) mass is 181 g/mol. The maximum Gasteiger partial charge on any atom is 0.164 e. The number of carbonyl (C=O) groups excluding carboxylic acids is 1. The van der Waals surface area contributed by atoms with Gasteiger partial charge in [-0.05, 0) is 13.0 Å². The lowest BCUT2D eigenvalue weighted by Gasteiger charge is -2.00. The van der Waals surface area contributed by atoms with E-state index in [1.165, 1.54) is 0 Å². The molecule has 1 aromatic rings. The largest absolute Gasteiger partial charge is 0.294 e. The van der Waals surface area contributed by atoms with E-state index in [1.54, 1.807) is 6.07 Å². The lowest BCUT2D eigenvalue weighted by Crippen LogP contribution is -2.02. The second-order valence-corrected chi connectivity index (χ2v) is 2.48. The van der Waals surface area contributed by atoms with E-state index < -0.39 is 17.4 Å². The SMILES string of the molecule is CC(=O)c1c(F)cc(F)cc1C#N. The smallest absolute Gasteiger partial charge is 0.164 e. The van der Waals surface area contributed by atoms with E-state index in [2.05, 4.69) is 0 Å². The first-order valence-electron chi connectivity index (χ1n) is 3.46. The molecule has 0 saturated heterocycles. The standard InChI is InChI=1S/C9H5F2NO/c1-5(13)9-6(4-12)2-7(10)3-8(9)11/h2-3H,1H3. The zero-order valence-corrected chi connectivity index (χ0v) is 6.77. The summed E-state index contributed by atoms with van der Waals surface area (Å²) in [5.41, 5.74) is -0.631. The number of ketones is 1. The molecule has 0 radical (unpaired) electrons. The molecule has 0 saturated carbocycles. The zero-order valence-electron chi connectivity index (χ0n) is 6.77. The van der Waals surface area contributed by atoms with E-state index in [1.807, 2.05) is 0 Å². The molecule has 66 valence electrons. The van der Waals surface area contributed by atoms with E-state index in [0.29, 0.717) is 6.07 Å². The van der Waals surface area contributed by atoms with Crippen molar-refractivity contribution in [3.8, 4) is 6.07 Å². The molecule has 2 nitrogen and oxygen atoms in total. The highest BCUT2D eigenvalue weighted by Crippen LogP contribution is 2.15. The molecule has 0 amide bonds. The predicted molar refractivity (Wildman–Crippen MR) is 41.1 cm³/mol. The normalized spacial score (nSPS) is 9.38. The van der Waals surface area contributed by atoms with Gasteiger partial charge in [0, 0.05) is 6.07 Å². The Balaban J connectivity index is 3.50. The van der Waals surface area contributed by atoms with Gasteiger partial charge in [-0.2, -0.15) is 5.26 Å². The van der Waals surface area contributed by atoms with Crippen molar-refractivity contribution >= 4 is 5.78 Å². The van der Waals surface area contributed by atoms with Crippen LogP contribution in [0.15, 0.2) is 12.1 Å². The molecule has 0 bridgehead atoms. The first kappa shape index (κ1) is 9.33. The second kappa shape index (κ2) is 3.31. The fourth-order valence-corrected chi connectivity index (χ4v) is 1.02.